The number of benzene rings is 1. The molecule has 0 aliphatic carbocycles. The van der Waals surface area contributed by atoms with Crippen molar-refractivity contribution in [1.82, 2.24) is 39.7 Å². The third kappa shape index (κ3) is 8.67. The summed E-state index contributed by atoms with van der Waals surface area (Å²) in [5, 5.41) is 1.03. The third-order valence-corrected chi connectivity index (χ3v) is 11.6. The highest BCUT2D eigenvalue weighted by atomic mass is 35.5. The maximum absolute atomic E-state index is 12.5. The predicted octanol–water partition coefficient (Wildman–Crippen LogP) is 6.63. The van der Waals surface area contributed by atoms with Crippen LogP contribution in [0.15, 0.2) is 66.2 Å². The van der Waals surface area contributed by atoms with E-state index in [1.54, 1.807) is 18.4 Å². The lowest BCUT2D eigenvalue weighted by atomic mass is 10.2. The van der Waals surface area contributed by atoms with E-state index >= 15 is 0 Å². The van der Waals surface area contributed by atoms with E-state index in [-0.39, 0.29) is 36.4 Å². The SMILES string of the molecule is CC(C)(C)OC(=O)N1C[C@@H]2C[C@H]1CN2c1ccc2ncnc(Oc3cccc(Cl)c3)c2n1.CS(=O)c1ncnc2ccc(N3C[C@@H]4C[C@H]3CN4C(=O)OC(C)(C)C)nc12. The van der Waals surface area contributed by atoms with Crippen LogP contribution in [-0.4, -0.2) is 124 Å². The molecule has 8 heterocycles. The summed E-state index contributed by atoms with van der Waals surface area (Å²) >= 11 is 6.07. The number of fused-ring (bicyclic) bond motifs is 6. The summed E-state index contributed by atoms with van der Waals surface area (Å²) in [6.45, 7) is 13.9. The molecule has 1 unspecified atom stereocenters. The van der Waals surface area contributed by atoms with Crippen molar-refractivity contribution in [3.05, 3.63) is 66.2 Å². The fraction of sp³-hybridized carbons (Fsp3) is 0.463. The normalized spacial score (nSPS) is 21.5. The Bertz CT molecular complexity index is 2450. The summed E-state index contributed by atoms with van der Waals surface area (Å²) in [6.07, 6.45) is 5.76. The summed E-state index contributed by atoms with van der Waals surface area (Å²) in [5.74, 6) is 2.58. The topological polar surface area (TPSA) is 169 Å². The van der Waals surface area contributed by atoms with Crippen molar-refractivity contribution in [3.63, 3.8) is 0 Å². The second-order valence-corrected chi connectivity index (χ2v) is 18.8. The summed E-state index contributed by atoms with van der Waals surface area (Å²) in [6, 6.07) is 15.5. The standard InChI is InChI=1S/C23H24ClN5O3.C18H23N5O3S/c1-23(2,3)32-22(30)29-12-15-10-16(29)11-28(15)19-8-7-18-20(27-19)21(26-13-25-18)31-17-6-4-5-14(24)9-17;1-18(2,3)26-17(24)23-9-11-7-12(23)8-22(11)14-6-5-13-15(21-14)16(27(4)25)20-10-19-13/h4-9,13,15-16H,10-12H2,1-3H3;5-6,10-12H,7-9H2,1-4H3/t15-,16-;11-,12-,27?/m00/s1. The number of nitrogens with zero attached hydrogens (tertiary/aromatic N) is 10. The van der Waals surface area contributed by atoms with Gasteiger partial charge in [0.15, 0.2) is 10.5 Å². The van der Waals surface area contributed by atoms with Gasteiger partial charge < -0.3 is 33.8 Å². The van der Waals surface area contributed by atoms with E-state index in [2.05, 4.69) is 29.7 Å². The molecule has 0 radical (unpaired) electrons. The van der Waals surface area contributed by atoms with E-state index in [1.165, 1.54) is 12.7 Å². The van der Waals surface area contributed by atoms with Gasteiger partial charge in [-0.15, -0.1) is 0 Å². The van der Waals surface area contributed by atoms with Crippen LogP contribution in [0.1, 0.15) is 54.4 Å². The summed E-state index contributed by atoms with van der Waals surface area (Å²) in [7, 11) is -1.24. The Balaban J connectivity index is 0.000000167. The van der Waals surface area contributed by atoms with Crippen molar-refractivity contribution in [2.75, 3.05) is 42.2 Å². The molecule has 4 aromatic heterocycles. The number of rotatable bonds is 5. The minimum atomic E-state index is -1.24. The van der Waals surface area contributed by atoms with Crippen molar-refractivity contribution in [2.24, 2.45) is 0 Å². The molecular formula is C41H47ClN10O6S. The van der Waals surface area contributed by atoms with Crippen LogP contribution in [0.25, 0.3) is 22.1 Å². The molecule has 0 saturated carbocycles. The van der Waals surface area contributed by atoms with E-state index < -0.39 is 22.0 Å². The molecule has 5 atom stereocenters. The van der Waals surface area contributed by atoms with E-state index in [0.29, 0.717) is 69.9 Å². The molecule has 310 valence electrons. The average Bonchev–Trinajstić information content (AvgIpc) is 3.98. The molecule has 4 saturated heterocycles. The number of halogens is 1. The zero-order valence-electron chi connectivity index (χ0n) is 34.0. The van der Waals surface area contributed by atoms with Crippen LogP contribution < -0.4 is 14.5 Å². The Morgan fingerprint density at radius 3 is 1.71 bits per heavy atom. The molecular weight excluding hydrogens is 796 g/mol. The van der Waals surface area contributed by atoms with Gasteiger partial charge in [-0.25, -0.2) is 34.5 Å². The largest absolute Gasteiger partial charge is 0.444 e. The molecule has 4 bridgehead atoms. The lowest BCUT2D eigenvalue weighted by molar-refractivity contribution is 0.0204. The number of pyridine rings is 2. The number of piperazine rings is 2. The molecule has 0 N–H and O–H groups in total. The van der Waals surface area contributed by atoms with Crippen LogP contribution in [0.2, 0.25) is 5.02 Å². The molecule has 5 aromatic rings. The first-order chi connectivity index (χ1) is 28.0. The van der Waals surface area contributed by atoms with Gasteiger partial charge >= 0.3 is 12.2 Å². The van der Waals surface area contributed by atoms with Crippen molar-refractivity contribution < 1.29 is 28.0 Å². The van der Waals surface area contributed by atoms with Gasteiger partial charge in [0, 0.05) is 37.5 Å². The first kappa shape index (κ1) is 40.4. The lowest BCUT2D eigenvalue weighted by Gasteiger charge is -2.35. The highest BCUT2D eigenvalue weighted by molar-refractivity contribution is 7.84. The Morgan fingerprint density at radius 2 is 1.22 bits per heavy atom. The number of carbonyl (C=O) groups is 2. The molecule has 16 nitrogen and oxygen atoms in total. The molecule has 4 aliphatic heterocycles. The van der Waals surface area contributed by atoms with Gasteiger partial charge in [-0.3, -0.25) is 4.21 Å². The van der Waals surface area contributed by atoms with Crippen molar-refractivity contribution in [3.8, 4) is 11.6 Å². The van der Waals surface area contributed by atoms with Crippen LogP contribution in [0.4, 0.5) is 21.2 Å². The number of hydrogen-bond donors (Lipinski definition) is 0. The van der Waals surface area contributed by atoms with Crippen LogP contribution in [0, 0.1) is 0 Å². The number of amides is 2. The van der Waals surface area contributed by atoms with Crippen molar-refractivity contribution in [1.29, 1.82) is 0 Å². The minimum absolute atomic E-state index is 0.113. The fourth-order valence-corrected chi connectivity index (χ4v) is 8.84. The van der Waals surface area contributed by atoms with Crippen LogP contribution >= 0.6 is 11.6 Å². The Kier molecular flexibility index (Phi) is 10.7. The lowest BCUT2D eigenvalue weighted by Crippen LogP contribution is -2.50. The van der Waals surface area contributed by atoms with Gasteiger partial charge in [0.05, 0.1) is 46.0 Å². The monoisotopic (exact) mass is 842 g/mol. The number of ether oxygens (including phenoxy) is 3. The van der Waals surface area contributed by atoms with E-state index in [1.807, 2.05) is 87.7 Å². The minimum Gasteiger partial charge on any atom is -0.444 e. The van der Waals surface area contributed by atoms with Gasteiger partial charge in [0.1, 0.15) is 46.8 Å². The first-order valence-electron chi connectivity index (χ1n) is 19.5. The average molecular weight is 843 g/mol. The number of hydrogen-bond acceptors (Lipinski definition) is 14. The molecule has 4 fully saturated rings. The Hall–Kier alpha value is -5.42. The molecule has 0 spiro atoms. The number of likely N-dealkylation sites (tertiary alicyclic amines) is 2. The second kappa shape index (κ2) is 15.6. The molecule has 9 rings (SSSR count). The summed E-state index contributed by atoms with van der Waals surface area (Å²) in [5.41, 5.74) is 1.53. The Labute approximate surface area is 349 Å². The first-order valence-corrected chi connectivity index (χ1v) is 21.5. The van der Waals surface area contributed by atoms with Crippen LogP contribution in [0.5, 0.6) is 11.6 Å². The van der Waals surface area contributed by atoms with Gasteiger partial charge in [-0.05, 0) is 96.8 Å². The summed E-state index contributed by atoms with van der Waals surface area (Å²) < 4.78 is 29.0. The maximum Gasteiger partial charge on any atom is 0.410 e. The van der Waals surface area contributed by atoms with Gasteiger partial charge in [-0.2, -0.15) is 4.98 Å². The number of aromatic nitrogens is 6. The van der Waals surface area contributed by atoms with Crippen LogP contribution in [-0.2, 0) is 20.3 Å². The number of carbonyl (C=O) groups excluding carboxylic acids is 2. The molecule has 4 aliphatic rings. The Morgan fingerprint density at radius 1 is 0.695 bits per heavy atom. The van der Waals surface area contributed by atoms with E-state index in [4.69, 9.17) is 35.8 Å². The molecule has 18 heteroatoms. The molecule has 2 amide bonds. The zero-order chi connectivity index (χ0) is 41.8. The smallest absolute Gasteiger partial charge is 0.410 e. The van der Waals surface area contributed by atoms with E-state index in [0.717, 1.165) is 24.5 Å². The maximum atomic E-state index is 12.5. The molecule has 1 aromatic carbocycles. The second-order valence-electron chi connectivity index (χ2n) is 17.1. The van der Waals surface area contributed by atoms with E-state index in [9.17, 15) is 13.8 Å². The quantitative estimate of drug-likeness (QED) is 0.173. The highest BCUT2D eigenvalue weighted by Gasteiger charge is 2.48. The fourth-order valence-electron chi connectivity index (χ4n) is 8.05. The molecule has 59 heavy (non-hydrogen) atoms. The summed E-state index contributed by atoms with van der Waals surface area (Å²) in [4.78, 5) is 59.5. The van der Waals surface area contributed by atoms with Crippen molar-refractivity contribution >= 4 is 68.3 Å². The third-order valence-electron chi connectivity index (χ3n) is 10.5. The van der Waals surface area contributed by atoms with Gasteiger partial charge in [0.25, 0.3) is 0 Å². The zero-order valence-corrected chi connectivity index (χ0v) is 35.6. The van der Waals surface area contributed by atoms with Crippen molar-refractivity contribution in [2.45, 2.75) is 94.8 Å². The van der Waals surface area contributed by atoms with Crippen LogP contribution in [0.3, 0.4) is 0 Å². The number of anilines is 2. The highest BCUT2D eigenvalue weighted by Crippen LogP contribution is 2.38. The van der Waals surface area contributed by atoms with Gasteiger partial charge in [-0.1, -0.05) is 17.7 Å². The van der Waals surface area contributed by atoms with Gasteiger partial charge in [0.2, 0.25) is 5.88 Å². The predicted molar refractivity (Wildman–Crippen MR) is 223 cm³/mol.